The molecule has 0 heterocycles. The third-order valence-electron chi connectivity index (χ3n) is 2.77. The van der Waals surface area contributed by atoms with Crippen molar-refractivity contribution in [3.05, 3.63) is 0 Å². The van der Waals surface area contributed by atoms with Crippen molar-refractivity contribution in [1.29, 1.82) is 0 Å². The molecule has 0 aromatic carbocycles. The summed E-state index contributed by atoms with van der Waals surface area (Å²) < 4.78 is 0. The number of rotatable bonds is 3. The molecule has 1 aliphatic rings. The highest BCUT2D eigenvalue weighted by Crippen LogP contribution is 2.43. The minimum absolute atomic E-state index is 0.114. The van der Waals surface area contributed by atoms with Gasteiger partial charge in [0.1, 0.15) is 0 Å². The summed E-state index contributed by atoms with van der Waals surface area (Å²) in [5, 5.41) is 3.04. The molecular weight excluding hydrogens is 138 g/mol. The fraction of sp³-hybridized carbons (Fsp3) is 0.889. The minimum atomic E-state index is 0.114. The summed E-state index contributed by atoms with van der Waals surface area (Å²) in [5.41, 5.74) is 0.181. The number of carbonyl (C=O) groups is 1. The molecule has 0 spiro atoms. The Bertz CT molecular complexity index is 161. The molecule has 1 atom stereocenters. The van der Waals surface area contributed by atoms with Crippen LogP contribution in [0.15, 0.2) is 0 Å². The van der Waals surface area contributed by atoms with Gasteiger partial charge in [-0.05, 0) is 18.8 Å². The highest BCUT2D eigenvalue weighted by atomic mass is 16.1. The van der Waals surface area contributed by atoms with Gasteiger partial charge in [0.15, 0.2) is 0 Å². The summed E-state index contributed by atoms with van der Waals surface area (Å²) in [6, 6.07) is 0. The maximum Gasteiger partial charge on any atom is 0.217 e. The van der Waals surface area contributed by atoms with Gasteiger partial charge in [0, 0.05) is 12.5 Å². The molecule has 1 rings (SSSR count). The van der Waals surface area contributed by atoms with Crippen molar-refractivity contribution in [1.82, 2.24) is 5.32 Å². The molecule has 0 radical (unpaired) electrons. The zero-order valence-corrected chi connectivity index (χ0v) is 7.61. The van der Waals surface area contributed by atoms with Crippen LogP contribution < -0.4 is 5.32 Å². The van der Waals surface area contributed by atoms with Crippen molar-refractivity contribution in [3.63, 3.8) is 0 Å². The maximum absolute atomic E-state index is 10.8. The minimum Gasteiger partial charge on any atom is -0.351 e. The number of hydrogen-bond acceptors (Lipinski definition) is 1. The van der Waals surface area contributed by atoms with Gasteiger partial charge in [0.25, 0.3) is 0 Å². The standard InChI is InChI=1S/C9H17NO/c1-4-7(2)9(5-6-9)10-8(3)11/h7H,4-6H2,1-3H3,(H,10,11)/t7-/m0/s1. The largest absolute Gasteiger partial charge is 0.351 e. The second-order valence-corrected chi connectivity index (χ2v) is 3.65. The normalized spacial score (nSPS) is 22.5. The van der Waals surface area contributed by atoms with Crippen molar-refractivity contribution < 1.29 is 4.79 Å². The molecule has 0 unspecified atom stereocenters. The van der Waals surface area contributed by atoms with E-state index in [1.165, 1.54) is 12.8 Å². The third-order valence-corrected chi connectivity index (χ3v) is 2.77. The van der Waals surface area contributed by atoms with E-state index in [1.54, 1.807) is 6.92 Å². The molecule has 2 nitrogen and oxygen atoms in total. The van der Waals surface area contributed by atoms with Crippen LogP contribution in [0.2, 0.25) is 0 Å². The molecule has 64 valence electrons. The Morgan fingerprint density at radius 2 is 2.18 bits per heavy atom. The van der Waals surface area contributed by atoms with E-state index in [0.717, 1.165) is 6.42 Å². The maximum atomic E-state index is 10.8. The summed E-state index contributed by atoms with van der Waals surface area (Å²) in [5.74, 6) is 0.745. The van der Waals surface area contributed by atoms with Crippen molar-refractivity contribution >= 4 is 5.91 Å². The van der Waals surface area contributed by atoms with Crippen LogP contribution in [0.5, 0.6) is 0 Å². The summed E-state index contributed by atoms with van der Waals surface area (Å²) in [4.78, 5) is 10.8. The van der Waals surface area contributed by atoms with Crippen LogP contribution in [0.25, 0.3) is 0 Å². The molecule has 1 N–H and O–H groups in total. The lowest BCUT2D eigenvalue weighted by Crippen LogP contribution is -2.40. The topological polar surface area (TPSA) is 29.1 Å². The van der Waals surface area contributed by atoms with Crippen molar-refractivity contribution in [2.75, 3.05) is 0 Å². The zero-order chi connectivity index (χ0) is 8.48. The fourth-order valence-electron chi connectivity index (χ4n) is 1.62. The van der Waals surface area contributed by atoms with E-state index in [4.69, 9.17) is 0 Å². The van der Waals surface area contributed by atoms with E-state index < -0.39 is 0 Å². The summed E-state index contributed by atoms with van der Waals surface area (Å²) in [6.45, 7) is 5.98. The molecule has 1 saturated carbocycles. The monoisotopic (exact) mass is 155 g/mol. The van der Waals surface area contributed by atoms with Crippen molar-refractivity contribution in [2.45, 2.75) is 45.6 Å². The van der Waals surface area contributed by atoms with Crippen LogP contribution in [-0.2, 0) is 4.79 Å². The first-order chi connectivity index (χ1) is 5.10. The average Bonchev–Trinajstić information content (AvgIpc) is 2.67. The lowest BCUT2D eigenvalue weighted by molar-refractivity contribution is -0.120. The predicted octanol–water partition coefficient (Wildman–Crippen LogP) is 1.70. The van der Waals surface area contributed by atoms with Crippen LogP contribution in [0.1, 0.15) is 40.0 Å². The van der Waals surface area contributed by atoms with Crippen molar-refractivity contribution in [3.8, 4) is 0 Å². The number of carbonyl (C=O) groups excluding carboxylic acids is 1. The molecule has 0 aromatic heterocycles. The van der Waals surface area contributed by atoms with E-state index in [0.29, 0.717) is 5.92 Å². The van der Waals surface area contributed by atoms with Gasteiger partial charge in [0.05, 0.1) is 0 Å². The summed E-state index contributed by atoms with van der Waals surface area (Å²) >= 11 is 0. The van der Waals surface area contributed by atoms with Gasteiger partial charge in [-0.25, -0.2) is 0 Å². The average molecular weight is 155 g/mol. The smallest absolute Gasteiger partial charge is 0.217 e. The first-order valence-corrected chi connectivity index (χ1v) is 4.39. The molecule has 11 heavy (non-hydrogen) atoms. The molecule has 2 heteroatoms. The Labute approximate surface area is 68.4 Å². The summed E-state index contributed by atoms with van der Waals surface area (Å²) in [7, 11) is 0. The molecule has 0 saturated heterocycles. The van der Waals surface area contributed by atoms with E-state index in [1.807, 2.05) is 0 Å². The van der Waals surface area contributed by atoms with Crippen molar-refractivity contribution in [2.24, 2.45) is 5.92 Å². The molecule has 1 aliphatic carbocycles. The van der Waals surface area contributed by atoms with Gasteiger partial charge >= 0.3 is 0 Å². The van der Waals surface area contributed by atoms with E-state index in [2.05, 4.69) is 19.2 Å². The van der Waals surface area contributed by atoms with E-state index >= 15 is 0 Å². The van der Waals surface area contributed by atoms with E-state index in [-0.39, 0.29) is 11.4 Å². The number of hydrogen-bond donors (Lipinski definition) is 1. The Morgan fingerprint density at radius 1 is 1.64 bits per heavy atom. The second kappa shape index (κ2) is 2.84. The number of nitrogens with one attached hydrogen (secondary N) is 1. The van der Waals surface area contributed by atoms with Gasteiger partial charge in [-0.15, -0.1) is 0 Å². The zero-order valence-electron chi connectivity index (χ0n) is 7.61. The van der Waals surface area contributed by atoms with Crippen LogP contribution in [0.4, 0.5) is 0 Å². The highest BCUT2D eigenvalue weighted by molar-refractivity contribution is 5.74. The molecular formula is C9H17NO. The molecule has 0 aliphatic heterocycles. The number of amides is 1. The lowest BCUT2D eigenvalue weighted by atomic mass is 9.97. The van der Waals surface area contributed by atoms with Gasteiger partial charge in [0.2, 0.25) is 5.91 Å². The second-order valence-electron chi connectivity index (χ2n) is 3.65. The molecule has 0 bridgehead atoms. The SMILES string of the molecule is CC[C@H](C)C1(NC(C)=O)CC1. The Kier molecular flexibility index (Phi) is 2.21. The van der Waals surface area contributed by atoms with Crippen LogP contribution >= 0.6 is 0 Å². The molecule has 0 aromatic rings. The Hall–Kier alpha value is -0.530. The highest BCUT2D eigenvalue weighted by Gasteiger charge is 2.46. The summed E-state index contributed by atoms with van der Waals surface area (Å²) in [6.07, 6.45) is 3.49. The van der Waals surface area contributed by atoms with Gasteiger partial charge in [-0.3, -0.25) is 4.79 Å². The van der Waals surface area contributed by atoms with Crippen LogP contribution in [0.3, 0.4) is 0 Å². The fourth-order valence-corrected chi connectivity index (χ4v) is 1.62. The quantitative estimate of drug-likeness (QED) is 0.660. The third kappa shape index (κ3) is 1.73. The van der Waals surface area contributed by atoms with Crippen LogP contribution in [-0.4, -0.2) is 11.4 Å². The molecule has 1 amide bonds. The van der Waals surface area contributed by atoms with Gasteiger partial charge in [-0.1, -0.05) is 20.3 Å². The van der Waals surface area contributed by atoms with Crippen LogP contribution in [0, 0.1) is 5.92 Å². The first-order valence-electron chi connectivity index (χ1n) is 4.39. The van der Waals surface area contributed by atoms with Gasteiger partial charge < -0.3 is 5.32 Å². The first kappa shape index (κ1) is 8.57. The molecule has 1 fully saturated rings. The lowest BCUT2D eigenvalue weighted by Gasteiger charge is -2.22. The van der Waals surface area contributed by atoms with Gasteiger partial charge in [-0.2, -0.15) is 0 Å². The predicted molar refractivity (Wildman–Crippen MR) is 45.2 cm³/mol. The Morgan fingerprint density at radius 3 is 2.45 bits per heavy atom. The van der Waals surface area contributed by atoms with E-state index in [9.17, 15) is 4.79 Å². The Balaban J connectivity index is 2.46.